The van der Waals surface area contributed by atoms with Gasteiger partial charge in [0.15, 0.2) is 0 Å². The minimum Gasteiger partial charge on any atom is -1.00 e. The molecule has 4 aliphatic carbocycles. The van der Waals surface area contributed by atoms with E-state index in [1.807, 2.05) is 0 Å². The van der Waals surface area contributed by atoms with Crippen LogP contribution >= 0.6 is 0 Å². The van der Waals surface area contributed by atoms with Crippen LogP contribution < -0.4 is 24.8 Å². The van der Waals surface area contributed by atoms with Gasteiger partial charge in [-0.05, 0) is 112 Å². The van der Waals surface area contributed by atoms with Crippen molar-refractivity contribution < 1.29 is 51.0 Å². The summed E-state index contributed by atoms with van der Waals surface area (Å²) in [5.41, 5.74) is 16.0. The number of aryl methyl sites for hydroxylation is 2. The maximum atomic E-state index is 2.59. The minimum atomic E-state index is 0. The summed E-state index contributed by atoms with van der Waals surface area (Å²) in [6.45, 7) is 18.9. The van der Waals surface area contributed by atoms with Crippen molar-refractivity contribution >= 4 is 0 Å². The predicted octanol–water partition coefficient (Wildman–Crippen LogP) is 3.32. The largest absolute Gasteiger partial charge is 2.00 e. The summed E-state index contributed by atoms with van der Waals surface area (Å²) in [5.74, 6) is 2.84. The second-order valence-corrected chi connectivity index (χ2v) is 13.8. The average molecular weight is 613 g/mol. The summed E-state index contributed by atoms with van der Waals surface area (Å²) in [6.07, 6.45) is 10.4. The maximum Gasteiger partial charge on any atom is 2.00 e. The Hall–Kier alpha value is -0.617. The number of halogens is 2. The minimum absolute atomic E-state index is 0. The van der Waals surface area contributed by atoms with Gasteiger partial charge in [0, 0.05) is 5.92 Å². The standard InChI is InChI=1S/C34H42.2ClH.Zr/c1-19-15-27-25(17-29(19)33(3,4)5)26-18-30(34(6,7)8)20(2)16-28(26)32(27)31-23-13-9-11-21(23)22-12-10-14-24(22)31;;;/h9,13,15-18,22,24,31-32H,10-12,14H2,1-8H3;2*1H;/q;;;+2/p-2. The number of rotatable bonds is 1. The molecule has 2 aromatic rings. The molecule has 0 radical (unpaired) electrons. The van der Waals surface area contributed by atoms with Gasteiger partial charge in [-0.1, -0.05) is 90.0 Å². The fourth-order valence-corrected chi connectivity index (χ4v) is 8.35. The molecule has 0 bridgehead atoms. The first kappa shape index (κ1) is 30.9. The summed E-state index contributed by atoms with van der Waals surface area (Å²) in [5, 5.41) is 0. The van der Waals surface area contributed by atoms with Gasteiger partial charge in [-0.15, -0.1) is 0 Å². The summed E-state index contributed by atoms with van der Waals surface area (Å²) in [4.78, 5) is 0. The SMILES string of the molecule is Cc1cc2c(cc1C(C)(C)C)-c1cc(C(C)(C)C)c(C)cc1C2C1C2=C(CC=C2)C2CCCC21.[Cl-].[Cl-].[Zr+2]. The van der Waals surface area contributed by atoms with Gasteiger partial charge in [-0.3, -0.25) is 0 Å². The molecule has 3 atom stereocenters. The van der Waals surface area contributed by atoms with Crippen molar-refractivity contribution in [2.45, 2.75) is 97.8 Å². The van der Waals surface area contributed by atoms with Crippen LogP contribution in [0.25, 0.3) is 11.1 Å². The van der Waals surface area contributed by atoms with E-state index in [4.69, 9.17) is 0 Å². The molecule has 3 unspecified atom stereocenters. The number of fused-ring (bicyclic) bond motifs is 5. The Labute approximate surface area is 257 Å². The average Bonchev–Trinajstić information content (AvgIpc) is 3.47. The van der Waals surface area contributed by atoms with Gasteiger partial charge in [0.2, 0.25) is 0 Å². The van der Waals surface area contributed by atoms with Crippen LogP contribution in [0.1, 0.15) is 107 Å². The van der Waals surface area contributed by atoms with Crippen LogP contribution in [0.2, 0.25) is 0 Å². The molecule has 37 heavy (non-hydrogen) atoms. The molecule has 196 valence electrons. The second-order valence-electron chi connectivity index (χ2n) is 13.8. The molecule has 0 amide bonds. The van der Waals surface area contributed by atoms with Crippen LogP contribution in [-0.2, 0) is 37.0 Å². The van der Waals surface area contributed by atoms with Crippen molar-refractivity contribution in [3.05, 3.63) is 80.9 Å². The zero-order valence-electron chi connectivity index (χ0n) is 23.9. The summed E-state index contributed by atoms with van der Waals surface area (Å²) >= 11 is 0. The van der Waals surface area contributed by atoms with Gasteiger partial charge in [0.25, 0.3) is 0 Å². The Balaban J connectivity index is 0.00000127. The van der Waals surface area contributed by atoms with E-state index in [1.165, 1.54) is 59.1 Å². The summed E-state index contributed by atoms with van der Waals surface area (Å²) < 4.78 is 0. The van der Waals surface area contributed by atoms with Gasteiger partial charge >= 0.3 is 26.2 Å². The Kier molecular flexibility index (Phi) is 8.70. The van der Waals surface area contributed by atoms with Crippen molar-refractivity contribution in [3.8, 4) is 11.1 Å². The molecular formula is C34H42Cl2Zr. The van der Waals surface area contributed by atoms with Crippen molar-refractivity contribution in [3.63, 3.8) is 0 Å². The summed E-state index contributed by atoms with van der Waals surface area (Å²) in [7, 11) is 0. The Morgan fingerprint density at radius 3 is 1.73 bits per heavy atom. The molecule has 6 rings (SSSR count). The van der Waals surface area contributed by atoms with Crippen molar-refractivity contribution in [2.75, 3.05) is 0 Å². The molecule has 3 heteroatoms. The third-order valence-corrected chi connectivity index (χ3v) is 9.57. The fraction of sp³-hybridized carbons (Fsp3) is 0.529. The maximum absolute atomic E-state index is 2.59. The zero-order valence-corrected chi connectivity index (χ0v) is 27.8. The Bertz CT molecular complexity index is 1200. The number of benzene rings is 2. The van der Waals surface area contributed by atoms with E-state index < -0.39 is 0 Å². The van der Waals surface area contributed by atoms with E-state index in [0.717, 1.165) is 11.8 Å². The topological polar surface area (TPSA) is 0 Å². The van der Waals surface area contributed by atoms with E-state index in [1.54, 1.807) is 22.3 Å². The molecule has 1 fully saturated rings. The Morgan fingerprint density at radius 1 is 0.730 bits per heavy atom. The van der Waals surface area contributed by atoms with E-state index >= 15 is 0 Å². The van der Waals surface area contributed by atoms with Crippen LogP contribution in [-0.4, -0.2) is 0 Å². The van der Waals surface area contributed by atoms with E-state index in [9.17, 15) is 0 Å². The van der Waals surface area contributed by atoms with Gasteiger partial charge in [0.05, 0.1) is 0 Å². The zero-order chi connectivity index (χ0) is 24.2. The van der Waals surface area contributed by atoms with Crippen molar-refractivity contribution in [1.29, 1.82) is 0 Å². The first-order chi connectivity index (χ1) is 16.0. The molecule has 0 N–H and O–H groups in total. The van der Waals surface area contributed by atoms with Crippen LogP contribution in [0.5, 0.6) is 0 Å². The molecule has 2 aromatic carbocycles. The number of hydrogen-bond donors (Lipinski definition) is 0. The normalized spacial score (nSPS) is 23.6. The smallest absolute Gasteiger partial charge is 1.00 e. The first-order valence-electron chi connectivity index (χ1n) is 13.7. The molecule has 1 saturated carbocycles. The number of allylic oxidation sites excluding steroid dienone is 4. The first-order valence-corrected chi connectivity index (χ1v) is 13.7. The quantitative estimate of drug-likeness (QED) is 0.464. The van der Waals surface area contributed by atoms with Crippen molar-refractivity contribution in [1.82, 2.24) is 0 Å². The third-order valence-electron chi connectivity index (χ3n) is 9.57. The molecule has 4 aliphatic rings. The molecule has 0 nitrogen and oxygen atoms in total. The third kappa shape index (κ3) is 4.72. The molecule has 0 spiro atoms. The number of hydrogen-bond acceptors (Lipinski definition) is 0. The molecule has 0 aliphatic heterocycles. The van der Waals surface area contributed by atoms with E-state index in [0.29, 0.717) is 11.8 Å². The van der Waals surface area contributed by atoms with Crippen LogP contribution in [0.15, 0.2) is 47.6 Å². The van der Waals surface area contributed by atoms with E-state index in [-0.39, 0.29) is 61.8 Å². The molecule has 0 aromatic heterocycles. The summed E-state index contributed by atoms with van der Waals surface area (Å²) in [6, 6.07) is 10.3. The van der Waals surface area contributed by atoms with Gasteiger partial charge < -0.3 is 24.8 Å². The van der Waals surface area contributed by atoms with Gasteiger partial charge in [0.1, 0.15) is 0 Å². The van der Waals surface area contributed by atoms with Gasteiger partial charge in [-0.25, -0.2) is 0 Å². The van der Waals surface area contributed by atoms with Crippen LogP contribution in [0.4, 0.5) is 0 Å². The molecule has 0 saturated heterocycles. The Morgan fingerprint density at radius 2 is 1.24 bits per heavy atom. The fourth-order valence-electron chi connectivity index (χ4n) is 8.35. The van der Waals surface area contributed by atoms with Crippen LogP contribution in [0.3, 0.4) is 0 Å². The monoisotopic (exact) mass is 610 g/mol. The predicted molar refractivity (Wildman–Crippen MR) is 146 cm³/mol. The van der Waals surface area contributed by atoms with Crippen molar-refractivity contribution in [2.24, 2.45) is 17.8 Å². The van der Waals surface area contributed by atoms with Gasteiger partial charge in [-0.2, -0.15) is 0 Å². The molecule has 0 heterocycles. The second kappa shape index (κ2) is 10.4. The molecular weight excluding hydrogens is 571 g/mol. The van der Waals surface area contributed by atoms with E-state index in [2.05, 4.69) is 91.8 Å². The van der Waals surface area contributed by atoms with Crippen LogP contribution in [0, 0.1) is 31.6 Å².